The highest BCUT2D eigenvalue weighted by molar-refractivity contribution is 8.16. The molecule has 2 bridgehead atoms. The first-order valence-corrected chi connectivity index (χ1v) is 8.53. The Hall–Kier alpha value is -0.510. The Morgan fingerprint density at radius 3 is 2.35 bits per heavy atom. The standard InChI is InChI=1S/C16H26N2OS/c1-9(2)16(6)12(19)18-13(20-16)17-11-10-7-8-15(11,5)14(10,3)4/h9-11H,7-8H2,1-6H3,(H,17,18,19). The molecule has 20 heavy (non-hydrogen) atoms. The summed E-state index contributed by atoms with van der Waals surface area (Å²) in [6.45, 7) is 13.4. The van der Waals surface area contributed by atoms with Crippen LogP contribution in [0.3, 0.4) is 0 Å². The van der Waals surface area contributed by atoms with Gasteiger partial charge in [0.05, 0.1) is 6.04 Å². The number of carbonyl (C=O) groups excluding carboxylic acids is 1. The number of hydrogen-bond acceptors (Lipinski definition) is 3. The molecule has 1 saturated heterocycles. The zero-order valence-corrected chi connectivity index (χ0v) is 14.2. The summed E-state index contributed by atoms with van der Waals surface area (Å²) in [5.41, 5.74) is 0.711. The van der Waals surface area contributed by atoms with Gasteiger partial charge in [-0.15, -0.1) is 0 Å². The second kappa shape index (κ2) is 4.02. The van der Waals surface area contributed by atoms with Gasteiger partial charge >= 0.3 is 0 Å². The molecular weight excluding hydrogens is 268 g/mol. The fraction of sp³-hybridized carbons (Fsp3) is 0.875. The van der Waals surface area contributed by atoms with Crippen LogP contribution in [0, 0.1) is 22.7 Å². The predicted octanol–water partition coefficient (Wildman–Crippen LogP) is 3.44. The van der Waals surface area contributed by atoms with Gasteiger partial charge in [0.15, 0.2) is 5.17 Å². The zero-order valence-electron chi connectivity index (χ0n) is 13.4. The van der Waals surface area contributed by atoms with Crippen LogP contribution in [0.1, 0.15) is 54.4 Å². The average Bonchev–Trinajstić information content (AvgIpc) is 2.90. The van der Waals surface area contributed by atoms with Crippen LogP contribution in [0.5, 0.6) is 0 Å². The van der Waals surface area contributed by atoms with Crippen molar-refractivity contribution in [2.75, 3.05) is 0 Å². The van der Waals surface area contributed by atoms with E-state index in [9.17, 15) is 4.79 Å². The third-order valence-electron chi connectivity index (χ3n) is 6.75. The number of nitrogens with zero attached hydrogens (tertiary/aromatic N) is 1. The number of rotatable bonds is 2. The molecule has 4 aliphatic rings. The summed E-state index contributed by atoms with van der Waals surface area (Å²) in [5.74, 6) is 1.11. The molecule has 3 saturated carbocycles. The fourth-order valence-corrected chi connectivity index (χ4v) is 5.37. The molecule has 4 rings (SSSR count). The lowest BCUT2D eigenvalue weighted by Crippen LogP contribution is -2.58. The number of aliphatic imine (C=N–C) groups is 1. The predicted molar refractivity (Wildman–Crippen MR) is 84.8 cm³/mol. The number of thioether (sulfide) groups is 1. The van der Waals surface area contributed by atoms with Crippen molar-refractivity contribution in [3.8, 4) is 0 Å². The number of hydrogen-bond donors (Lipinski definition) is 1. The summed E-state index contributed by atoms with van der Waals surface area (Å²) in [4.78, 5) is 17.2. The molecule has 1 aliphatic heterocycles. The molecule has 112 valence electrons. The molecular formula is C16H26N2OS. The fourth-order valence-electron chi connectivity index (χ4n) is 4.28. The van der Waals surface area contributed by atoms with Gasteiger partial charge in [-0.25, -0.2) is 0 Å². The minimum absolute atomic E-state index is 0.118. The molecule has 0 aromatic carbocycles. The molecule has 0 radical (unpaired) electrons. The van der Waals surface area contributed by atoms with Crippen LogP contribution in [0.4, 0.5) is 0 Å². The number of amides is 1. The molecule has 3 aliphatic carbocycles. The van der Waals surface area contributed by atoms with E-state index in [0.717, 1.165) is 5.17 Å². The van der Waals surface area contributed by atoms with Gasteiger partial charge in [0.25, 0.3) is 0 Å². The Morgan fingerprint density at radius 1 is 1.30 bits per heavy atom. The Kier molecular flexibility index (Phi) is 2.90. The number of amidine groups is 1. The van der Waals surface area contributed by atoms with Crippen molar-refractivity contribution in [2.45, 2.75) is 65.2 Å². The summed E-state index contributed by atoms with van der Waals surface area (Å²) in [7, 11) is 0. The van der Waals surface area contributed by atoms with Crippen molar-refractivity contribution >= 4 is 22.8 Å². The van der Waals surface area contributed by atoms with Gasteiger partial charge in [0.2, 0.25) is 5.91 Å². The molecule has 4 unspecified atom stereocenters. The maximum atomic E-state index is 12.2. The van der Waals surface area contributed by atoms with Crippen LogP contribution in [0.2, 0.25) is 0 Å². The monoisotopic (exact) mass is 294 g/mol. The normalized spacial score (nSPS) is 47.8. The van der Waals surface area contributed by atoms with E-state index in [4.69, 9.17) is 4.99 Å². The average molecular weight is 294 g/mol. The van der Waals surface area contributed by atoms with Gasteiger partial charge in [-0.1, -0.05) is 46.4 Å². The summed E-state index contributed by atoms with van der Waals surface area (Å²) < 4.78 is -0.363. The zero-order chi connectivity index (χ0) is 14.9. The summed E-state index contributed by atoms with van der Waals surface area (Å²) in [6.07, 6.45) is 2.55. The molecule has 4 atom stereocenters. The number of carbonyl (C=O) groups is 1. The van der Waals surface area contributed by atoms with Crippen molar-refractivity contribution in [1.29, 1.82) is 0 Å². The van der Waals surface area contributed by atoms with E-state index < -0.39 is 0 Å². The molecule has 1 heterocycles. The van der Waals surface area contributed by atoms with Crippen molar-refractivity contribution in [1.82, 2.24) is 5.32 Å². The van der Waals surface area contributed by atoms with Gasteiger partial charge in [-0.3, -0.25) is 9.79 Å². The van der Waals surface area contributed by atoms with E-state index in [1.807, 2.05) is 6.92 Å². The molecule has 3 nitrogen and oxygen atoms in total. The van der Waals surface area contributed by atoms with Crippen LogP contribution in [0.25, 0.3) is 0 Å². The largest absolute Gasteiger partial charge is 0.304 e. The molecule has 0 spiro atoms. The van der Waals surface area contributed by atoms with E-state index in [0.29, 0.717) is 28.7 Å². The number of fused-ring (bicyclic) bond motifs is 1. The molecule has 0 aromatic rings. The quantitative estimate of drug-likeness (QED) is 0.847. The maximum Gasteiger partial charge on any atom is 0.242 e. The molecule has 4 fully saturated rings. The highest BCUT2D eigenvalue weighted by Gasteiger charge is 2.69. The van der Waals surface area contributed by atoms with Gasteiger partial charge in [-0.2, -0.15) is 0 Å². The van der Waals surface area contributed by atoms with Crippen LogP contribution in [-0.4, -0.2) is 21.9 Å². The summed E-state index contributed by atoms with van der Waals surface area (Å²) in [6, 6.07) is 0.398. The van der Waals surface area contributed by atoms with Gasteiger partial charge in [0, 0.05) is 0 Å². The molecule has 4 heteroatoms. The van der Waals surface area contributed by atoms with Crippen molar-refractivity contribution in [3.63, 3.8) is 0 Å². The van der Waals surface area contributed by atoms with E-state index in [2.05, 4.69) is 39.9 Å². The number of nitrogens with one attached hydrogen (secondary N) is 1. The minimum Gasteiger partial charge on any atom is -0.304 e. The Bertz CT molecular complexity index is 499. The van der Waals surface area contributed by atoms with E-state index in [1.165, 1.54) is 12.8 Å². The van der Waals surface area contributed by atoms with E-state index >= 15 is 0 Å². The van der Waals surface area contributed by atoms with E-state index in [-0.39, 0.29) is 10.7 Å². The Morgan fingerprint density at radius 2 is 1.95 bits per heavy atom. The van der Waals surface area contributed by atoms with Crippen LogP contribution in [0.15, 0.2) is 4.99 Å². The van der Waals surface area contributed by atoms with Crippen LogP contribution < -0.4 is 5.32 Å². The van der Waals surface area contributed by atoms with Crippen LogP contribution in [-0.2, 0) is 4.79 Å². The summed E-state index contributed by atoms with van der Waals surface area (Å²) in [5, 5.41) is 3.86. The highest BCUT2D eigenvalue weighted by atomic mass is 32.2. The topological polar surface area (TPSA) is 41.5 Å². The van der Waals surface area contributed by atoms with E-state index in [1.54, 1.807) is 11.8 Å². The lowest BCUT2D eigenvalue weighted by molar-refractivity contribution is -0.122. The first-order valence-electron chi connectivity index (χ1n) is 7.71. The highest BCUT2D eigenvalue weighted by Crippen LogP contribution is 2.71. The minimum atomic E-state index is -0.363. The van der Waals surface area contributed by atoms with Gasteiger partial charge < -0.3 is 5.32 Å². The Labute approximate surface area is 126 Å². The van der Waals surface area contributed by atoms with Crippen molar-refractivity contribution < 1.29 is 4.79 Å². The maximum absolute atomic E-state index is 12.2. The first kappa shape index (κ1) is 14.4. The van der Waals surface area contributed by atoms with Crippen molar-refractivity contribution in [2.24, 2.45) is 27.7 Å². The van der Waals surface area contributed by atoms with Crippen molar-refractivity contribution in [3.05, 3.63) is 0 Å². The first-order chi connectivity index (χ1) is 9.13. The SMILES string of the molecule is CC(C)C1(C)SC(=NC2C3CCC2(C)C3(C)C)NC1=O. The molecule has 0 aromatic heterocycles. The third kappa shape index (κ3) is 1.54. The lowest BCUT2D eigenvalue weighted by atomic mass is 9.48. The molecule has 1 N–H and O–H groups in total. The smallest absolute Gasteiger partial charge is 0.242 e. The second-order valence-corrected chi connectivity index (χ2v) is 9.42. The third-order valence-corrected chi connectivity index (χ3v) is 8.23. The van der Waals surface area contributed by atoms with Gasteiger partial charge in [-0.05, 0) is 42.4 Å². The Balaban J connectivity index is 1.82. The molecule has 1 amide bonds. The van der Waals surface area contributed by atoms with Gasteiger partial charge in [0.1, 0.15) is 4.75 Å². The lowest BCUT2D eigenvalue weighted by Gasteiger charge is -2.58. The summed E-state index contributed by atoms with van der Waals surface area (Å²) >= 11 is 1.63. The second-order valence-electron chi connectivity index (χ2n) is 7.98. The van der Waals surface area contributed by atoms with Crippen LogP contribution >= 0.6 is 11.8 Å².